The molecule has 3 N–H and O–H groups in total. The van der Waals surface area contributed by atoms with E-state index >= 15 is 0 Å². The molecule has 0 saturated heterocycles. The zero-order chi connectivity index (χ0) is 22.1. The Morgan fingerprint density at radius 2 is 1.77 bits per heavy atom. The molecule has 30 heavy (non-hydrogen) atoms. The van der Waals surface area contributed by atoms with Gasteiger partial charge in [-0.25, -0.2) is 13.6 Å². The number of primary sulfonamides is 1. The highest BCUT2D eigenvalue weighted by molar-refractivity contribution is 7.89. The molecule has 0 amide bonds. The third-order valence-corrected chi connectivity index (χ3v) is 5.26. The topological polar surface area (TPSA) is 107 Å². The van der Waals surface area contributed by atoms with Crippen molar-refractivity contribution in [1.82, 2.24) is 9.78 Å². The molecule has 0 aliphatic rings. The Bertz CT molecular complexity index is 1160. The summed E-state index contributed by atoms with van der Waals surface area (Å²) in [6.45, 7) is -0.424. The summed E-state index contributed by atoms with van der Waals surface area (Å²) >= 11 is 0. The van der Waals surface area contributed by atoms with Crippen molar-refractivity contribution in [3.05, 3.63) is 54.1 Å². The van der Waals surface area contributed by atoms with Crippen LogP contribution in [-0.2, 0) is 23.2 Å². The lowest BCUT2D eigenvalue weighted by Crippen LogP contribution is -2.14. The average molecular weight is 441 g/mol. The third-order valence-electron chi connectivity index (χ3n) is 4.29. The number of hydrogen-bond acceptors (Lipinski definition) is 5. The molecule has 0 aliphatic carbocycles. The number of aromatic nitrogens is 2. The molecular formula is C19H18F3N3O4S. The molecule has 11 heteroatoms. The van der Waals surface area contributed by atoms with Crippen LogP contribution in [0.1, 0.15) is 5.56 Å². The molecular weight excluding hydrogens is 423 g/mol. The Morgan fingerprint density at radius 3 is 2.33 bits per heavy atom. The fourth-order valence-electron chi connectivity index (χ4n) is 3.05. The first kappa shape index (κ1) is 21.8. The number of aryl methyl sites for hydroxylation is 1. The molecule has 2 aromatic carbocycles. The van der Waals surface area contributed by atoms with Crippen LogP contribution >= 0.6 is 0 Å². The number of hydrogen-bond donors (Lipinski definition) is 2. The van der Waals surface area contributed by atoms with E-state index in [-0.39, 0.29) is 40.8 Å². The first-order valence-corrected chi connectivity index (χ1v) is 10.2. The average Bonchev–Trinajstić information content (AvgIpc) is 3.01. The van der Waals surface area contributed by atoms with Crippen LogP contribution in [-0.4, -0.2) is 36.5 Å². The maximum atomic E-state index is 13.0. The highest BCUT2D eigenvalue weighted by atomic mass is 32.2. The van der Waals surface area contributed by atoms with Gasteiger partial charge >= 0.3 is 6.18 Å². The van der Waals surface area contributed by atoms with Gasteiger partial charge in [0.1, 0.15) is 6.61 Å². The lowest BCUT2D eigenvalue weighted by molar-refractivity contribution is -0.137. The van der Waals surface area contributed by atoms with Crippen molar-refractivity contribution >= 4 is 10.0 Å². The van der Waals surface area contributed by atoms with Crippen LogP contribution in [0.3, 0.4) is 0 Å². The lowest BCUT2D eigenvalue weighted by Gasteiger charge is -2.12. The molecule has 0 aliphatic heterocycles. The highest BCUT2D eigenvalue weighted by Crippen LogP contribution is 2.41. The van der Waals surface area contributed by atoms with Crippen molar-refractivity contribution in [3.63, 3.8) is 0 Å². The van der Waals surface area contributed by atoms with E-state index in [4.69, 9.17) is 15.0 Å². The second-order valence-electron chi connectivity index (χ2n) is 6.34. The minimum absolute atomic E-state index is 0.0329. The SMILES string of the molecule is Cn1nc(OCCO)c(-c2ccc(C(F)(F)F)cc2)c1-c1ccccc1S(N)(=O)=O. The molecule has 1 heterocycles. The molecule has 3 aromatic rings. The van der Waals surface area contributed by atoms with Crippen LogP contribution in [0.5, 0.6) is 5.88 Å². The minimum atomic E-state index is -4.51. The Hall–Kier alpha value is -2.89. The maximum Gasteiger partial charge on any atom is 0.416 e. The second kappa shape index (κ2) is 8.09. The van der Waals surface area contributed by atoms with Crippen LogP contribution in [0, 0.1) is 0 Å². The summed E-state index contributed by atoms with van der Waals surface area (Å²) in [5.41, 5.74) is 0.259. The van der Waals surface area contributed by atoms with E-state index in [1.165, 1.54) is 42.1 Å². The summed E-state index contributed by atoms with van der Waals surface area (Å²) in [7, 11) is -2.57. The fourth-order valence-corrected chi connectivity index (χ4v) is 3.79. The summed E-state index contributed by atoms with van der Waals surface area (Å²) in [5, 5.41) is 18.6. The van der Waals surface area contributed by atoms with Gasteiger partial charge in [0.05, 0.1) is 28.3 Å². The number of rotatable bonds is 6. The van der Waals surface area contributed by atoms with Gasteiger partial charge in [-0.3, -0.25) is 4.68 Å². The van der Waals surface area contributed by atoms with Gasteiger partial charge in [-0.2, -0.15) is 13.2 Å². The van der Waals surface area contributed by atoms with Gasteiger partial charge in [-0.1, -0.05) is 30.3 Å². The van der Waals surface area contributed by atoms with E-state index in [1.807, 2.05) is 0 Å². The van der Waals surface area contributed by atoms with Gasteiger partial charge in [-0.05, 0) is 23.8 Å². The third kappa shape index (κ3) is 4.32. The monoisotopic (exact) mass is 441 g/mol. The maximum absolute atomic E-state index is 13.0. The predicted molar refractivity (Wildman–Crippen MR) is 103 cm³/mol. The zero-order valence-corrected chi connectivity index (χ0v) is 16.5. The van der Waals surface area contributed by atoms with Crippen molar-refractivity contribution in [2.24, 2.45) is 12.2 Å². The fraction of sp³-hybridized carbons (Fsp3) is 0.211. The summed E-state index contributed by atoms with van der Waals surface area (Å²) in [4.78, 5) is -0.171. The van der Waals surface area contributed by atoms with Crippen LogP contribution in [0.15, 0.2) is 53.4 Å². The van der Waals surface area contributed by atoms with Crippen molar-refractivity contribution in [3.8, 4) is 28.3 Å². The number of alkyl halides is 3. The molecule has 3 rings (SSSR count). The highest BCUT2D eigenvalue weighted by Gasteiger charge is 2.31. The Balaban J connectivity index is 2.27. The number of benzene rings is 2. The first-order valence-electron chi connectivity index (χ1n) is 8.64. The van der Waals surface area contributed by atoms with Gasteiger partial charge in [-0.15, -0.1) is 5.10 Å². The van der Waals surface area contributed by atoms with Crippen molar-refractivity contribution in [2.45, 2.75) is 11.1 Å². The molecule has 7 nitrogen and oxygen atoms in total. The number of aliphatic hydroxyl groups excluding tert-OH is 1. The molecule has 1 aromatic heterocycles. The molecule has 0 unspecified atom stereocenters. The minimum Gasteiger partial charge on any atom is -0.474 e. The van der Waals surface area contributed by atoms with Gasteiger partial charge in [0.25, 0.3) is 0 Å². The number of sulfonamides is 1. The summed E-state index contributed by atoms with van der Waals surface area (Å²) < 4.78 is 69.8. The molecule has 0 radical (unpaired) electrons. The van der Waals surface area contributed by atoms with Crippen LogP contribution in [0.25, 0.3) is 22.4 Å². The first-order chi connectivity index (χ1) is 14.0. The van der Waals surface area contributed by atoms with E-state index in [9.17, 15) is 21.6 Å². The van der Waals surface area contributed by atoms with Crippen LogP contribution in [0.4, 0.5) is 13.2 Å². The zero-order valence-electron chi connectivity index (χ0n) is 15.7. The van der Waals surface area contributed by atoms with Gasteiger partial charge < -0.3 is 9.84 Å². The van der Waals surface area contributed by atoms with Crippen molar-refractivity contribution < 1.29 is 31.4 Å². The molecule has 0 bridgehead atoms. The number of ether oxygens (including phenoxy) is 1. The van der Waals surface area contributed by atoms with Crippen molar-refractivity contribution in [1.29, 1.82) is 0 Å². The molecule has 0 fully saturated rings. The number of aliphatic hydroxyl groups is 1. The van der Waals surface area contributed by atoms with E-state index in [0.29, 0.717) is 5.56 Å². The van der Waals surface area contributed by atoms with E-state index in [1.54, 1.807) is 6.07 Å². The van der Waals surface area contributed by atoms with E-state index in [2.05, 4.69) is 5.10 Å². The molecule has 0 atom stereocenters. The standard InChI is InChI=1S/C19H18F3N3O4S/c1-25-17(14-4-2-3-5-15(14)30(23,27)28)16(18(24-25)29-11-10-26)12-6-8-13(9-7-12)19(20,21)22/h2-9,26H,10-11H2,1H3,(H2,23,27,28). The Morgan fingerprint density at radius 1 is 1.13 bits per heavy atom. The van der Waals surface area contributed by atoms with Crippen LogP contribution < -0.4 is 9.88 Å². The summed E-state index contributed by atoms with van der Waals surface area (Å²) in [6, 6.07) is 10.2. The number of halogens is 3. The molecule has 0 spiro atoms. The van der Waals surface area contributed by atoms with E-state index in [0.717, 1.165) is 12.1 Å². The van der Waals surface area contributed by atoms with Gasteiger partial charge in [0.15, 0.2) is 0 Å². The quantitative estimate of drug-likeness (QED) is 0.612. The van der Waals surface area contributed by atoms with Crippen LogP contribution in [0.2, 0.25) is 0 Å². The van der Waals surface area contributed by atoms with Gasteiger partial charge in [0.2, 0.25) is 15.9 Å². The second-order valence-corrected chi connectivity index (χ2v) is 7.87. The Kier molecular flexibility index (Phi) is 5.88. The smallest absolute Gasteiger partial charge is 0.416 e. The summed E-state index contributed by atoms with van der Waals surface area (Å²) in [6.07, 6.45) is -4.51. The summed E-state index contributed by atoms with van der Waals surface area (Å²) in [5.74, 6) is 0.0329. The van der Waals surface area contributed by atoms with Gasteiger partial charge in [0, 0.05) is 12.6 Å². The molecule has 160 valence electrons. The van der Waals surface area contributed by atoms with E-state index < -0.39 is 21.8 Å². The Labute approximate surface area is 170 Å². The lowest BCUT2D eigenvalue weighted by atomic mass is 9.99. The number of nitrogens with zero attached hydrogens (tertiary/aromatic N) is 2. The van der Waals surface area contributed by atoms with Crippen molar-refractivity contribution in [2.75, 3.05) is 13.2 Å². The largest absolute Gasteiger partial charge is 0.474 e. The number of nitrogens with two attached hydrogens (primary N) is 1. The normalized spacial score (nSPS) is 12.2. The molecule has 0 saturated carbocycles. The predicted octanol–water partition coefficient (Wildman–Crippen LogP) is 2.79.